The summed E-state index contributed by atoms with van der Waals surface area (Å²) in [6, 6.07) is 9.77. The van der Waals surface area contributed by atoms with E-state index in [1.807, 2.05) is 26.0 Å². The van der Waals surface area contributed by atoms with E-state index in [9.17, 15) is 4.79 Å². The molecule has 0 spiro atoms. The Morgan fingerprint density at radius 3 is 2.35 bits per heavy atom. The summed E-state index contributed by atoms with van der Waals surface area (Å²) in [6.45, 7) is 8.64. The van der Waals surface area contributed by atoms with Crippen LogP contribution in [0.3, 0.4) is 0 Å². The number of hydrogen-bond acceptors (Lipinski definition) is 3. The van der Waals surface area contributed by atoms with Gasteiger partial charge in [-0.3, -0.25) is 4.79 Å². The van der Waals surface area contributed by atoms with Crippen molar-refractivity contribution in [3.63, 3.8) is 0 Å². The van der Waals surface area contributed by atoms with Crippen LogP contribution in [0.2, 0.25) is 0 Å². The number of nitrogens with one attached hydrogen (secondary N) is 1. The van der Waals surface area contributed by atoms with Crippen LogP contribution in [-0.2, 0) is 6.42 Å². The summed E-state index contributed by atoms with van der Waals surface area (Å²) in [7, 11) is 0. The number of carbonyl (C=O) groups is 1. The monoisotopic (exact) mass is 314 g/mol. The van der Waals surface area contributed by atoms with E-state index in [1.165, 1.54) is 5.56 Å². The van der Waals surface area contributed by atoms with Crippen LogP contribution >= 0.6 is 0 Å². The first-order valence-electron chi connectivity index (χ1n) is 8.15. The maximum atomic E-state index is 12.1. The predicted octanol–water partition coefficient (Wildman–Crippen LogP) is 3.70. The zero-order valence-electron chi connectivity index (χ0n) is 14.3. The Labute approximate surface area is 138 Å². The third-order valence-corrected chi connectivity index (χ3v) is 4.08. The SMILES string of the molecule is CCc1oc(C(=O)NCC(N)c2ccc(C(C)C)cc2)cc1C. The minimum atomic E-state index is -0.234. The van der Waals surface area contributed by atoms with Gasteiger partial charge in [-0.05, 0) is 35.6 Å². The third kappa shape index (κ3) is 4.23. The molecule has 2 rings (SSSR count). The number of hydrogen-bond donors (Lipinski definition) is 2. The Balaban J connectivity index is 1.95. The normalized spacial score (nSPS) is 12.4. The Kier molecular flexibility index (Phi) is 5.61. The molecule has 1 aromatic carbocycles. The second kappa shape index (κ2) is 7.47. The Morgan fingerprint density at radius 1 is 1.22 bits per heavy atom. The van der Waals surface area contributed by atoms with Gasteiger partial charge in [0.1, 0.15) is 5.76 Å². The largest absolute Gasteiger partial charge is 0.456 e. The van der Waals surface area contributed by atoms with Crippen LogP contribution in [-0.4, -0.2) is 12.5 Å². The quantitative estimate of drug-likeness (QED) is 0.854. The Morgan fingerprint density at radius 2 is 1.83 bits per heavy atom. The number of rotatable bonds is 6. The molecule has 124 valence electrons. The van der Waals surface area contributed by atoms with E-state index in [1.54, 1.807) is 6.07 Å². The standard InChI is InChI=1S/C19H26N2O2/c1-5-17-13(4)10-18(23-17)19(22)21-11-16(20)15-8-6-14(7-9-15)12(2)3/h6-10,12,16H,5,11,20H2,1-4H3,(H,21,22). The van der Waals surface area contributed by atoms with E-state index < -0.39 is 0 Å². The van der Waals surface area contributed by atoms with Crippen molar-refractivity contribution in [1.29, 1.82) is 0 Å². The van der Waals surface area contributed by atoms with Gasteiger partial charge >= 0.3 is 0 Å². The highest BCUT2D eigenvalue weighted by molar-refractivity contribution is 5.91. The summed E-state index contributed by atoms with van der Waals surface area (Å²) in [4.78, 5) is 12.1. The third-order valence-electron chi connectivity index (χ3n) is 4.08. The average Bonchev–Trinajstić information content (AvgIpc) is 2.93. The first-order valence-corrected chi connectivity index (χ1v) is 8.15. The smallest absolute Gasteiger partial charge is 0.287 e. The van der Waals surface area contributed by atoms with Gasteiger partial charge in [-0.25, -0.2) is 0 Å². The zero-order valence-corrected chi connectivity index (χ0v) is 14.3. The minimum absolute atomic E-state index is 0.220. The molecular weight excluding hydrogens is 288 g/mol. The molecule has 2 aromatic rings. The Hall–Kier alpha value is -2.07. The molecule has 1 unspecified atom stereocenters. The first-order chi connectivity index (χ1) is 10.9. The second-order valence-corrected chi connectivity index (χ2v) is 6.21. The van der Waals surface area contributed by atoms with Crippen molar-refractivity contribution in [2.75, 3.05) is 6.54 Å². The molecule has 1 heterocycles. The maximum Gasteiger partial charge on any atom is 0.287 e. The van der Waals surface area contributed by atoms with Gasteiger partial charge in [0.05, 0.1) is 0 Å². The second-order valence-electron chi connectivity index (χ2n) is 6.21. The van der Waals surface area contributed by atoms with E-state index in [0.29, 0.717) is 18.2 Å². The van der Waals surface area contributed by atoms with Crippen molar-refractivity contribution in [1.82, 2.24) is 5.32 Å². The number of carbonyl (C=O) groups excluding carboxylic acids is 1. The minimum Gasteiger partial charge on any atom is -0.456 e. The van der Waals surface area contributed by atoms with Gasteiger partial charge in [0.2, 0.25) is 0 Å². The highest BCUT2D eigenvalue weighted by atomic mass is 16.4. The molecule has 0 fully saturated rings. The number of furan rings is 1. The molecule has 4 nitrogen and oxygen atoms in total. The van der Waals surface area contributed by atoms with Gasteiger partial charge in [-0.15, -0.1) is 0 Å². The van der Waals surface area contributed by atoms with Crippen LogP contribution in [0.5, 0.6) is 0 Å². The summed E-state index contributed by atoms with van der Waals surface area (Å²) >= 11 is 0. The summed E-state index contributed by atoms with van der Waals surface area (Å²) in [5, 5.41) is 2.84. The molecule has 0 aliphatic heterocycles. The van der Waals surface area contributed by atoms with Gasteiger partial charge in [-0.1, -0.05) is 45.0 Å². The highest BCUT2D eigenvalue weighted by Gasteiger charge is 2.15. The molecule has 1 amide bonds. The molecule has 0 aliphatic carbocycles. The van der Waals surface area contributed by atoms with Crippen LogP contribution in [0.4, 0.5) is 0 Å². The van der Waals surface area contributed by atoms with E-state index >= 15 is 0 Å². The molecule has 3 N–H and O–H groups in total. The fraction of sp³-hybridized carbons (Fsp3) is 0.421. The summed E-state index contributed by atoms with van der Waals surface area (Å²) in [5.74, 6) is 1.47. The van der Waals surface area contributed by atoms with Gasteiger partial charge in [-0.2, -0.15) is 0 Å². The molecule has 0 bridgehead atoms. The van der Waals surface area contributed by atoms with Gasteiger partial charge in [0.15, 0.2) is 5.76 Å². The number of nitrogens with two attached hydrogens (primary N) is 1. The highest BCUT2D eigenvalue weighted by Crippen LogP contribution is 2.18. The number of aryl methyl sites for hydroxylation is 2. The van der Waals surface area contributed by atoms with Crippen molar-refractivity contribution >= 4 is 5.91 Å². The zero-order chi connectivity index (χ0) is 17.0. The Bertz CT molecular complexity index is 657. The summed E-state index contributed by atoms with van der Waals surface area (Å²) in [6.07, 6.45) is 0.779. The van der Waals surface area contributed by atoms with E-state index in [4.69, 9.17) is 10.2 Å². The molecule has 23 heavy (non-hydrogen) atoms. The van der Waals surface area contributed by atoms with Crippen molar-refractivity contribution in [2.45, 2.75) is 46.1 Å². The average molecular weight is 314 g/mol. The molecular formula is C19H26N2O2. The van der Waals surface area contributed by atoms with Crippen LogP contribution in [0.15, 0.2) is 34.7 Å². The number of benzene rings is 1. The van der Waals surface area contributed by atoms with Crippen molar-refractivity contribution < 1.29 is 9.21 Å². The van der Waals surface area contributed by atoms with Crippen LogP contribution in [0, 0.1) is 6.92 Å². The van der Waals surface area contributed by atoms with Gasteiger partial charge in [0.25, 0.3) is 5.91 Å². The van der Waals surface area contributed by atoms with Gasteiger partial charge in [0, 0.05) is 19.0 Å². The lowest BCUT2D eigenvalue weighted by molar-refractivity contribution is 0.0922. The topological polar surface area (TPSA) is 68.3 Å². The molecule has 1 aromatic heterocycles. The maximum absolute atomic E-state index is 12.1. The van der Waals surface area contributed by atoms with E-state index in [2.05, 4.69) is 31.3 Å². The van der Waals surface area contributed by atoms with Crippen LogP contribution in [0.1, 0.15) is 65.7 Å². The van der Waals surface area contributed by atoms with Crippen molar-refractivity contribution in [2.24, 2.45) is 5.73 Å². The van der Waals surface area contributed by atoms with E-state index in [0.717, 1.165) is 23.3 Å². The fourth-order valence-corrected chi connectivity index (χ4v) is 2.52. The fourth-order valence-electron chi connectivity index (χ4n) is 2.52. The first kappa shape index (κ1) is 17.3. The summed E-state index contributed by atoms with van der Waals surface area (Å²) in [5.41, 5.74) is 9.46. The van der Waals surface area contributed by atoms with Crippen molar-refractivity contribution in [3.8, 4) is 0 Å². The number of amides is 1. The lowest BCUT2D eigenvalue weighted by atomic mass is 9.99. The lowest BCUT2D eigenvalue weighted by Gasteiger charge is -2.14. The lowest BCUT2D eigenvalue weighted by Crippen LogP contribution is -2.31. The van der Waals surface area contributed by atoms with Crippen LogP contribution in [0.25, 0.3) is 0 Å². The predicted molar refractivity (Wildman–Crippen MR) is 92.6 cm³/mol. The molecule has 4 heteroatoms. The molecule has 0 aliphatic rings. The molecule has 0 radical (unpaired) electrons. The molecule has 1 atom stereocenters. The molecule has 0 saturated heterocycles. The van der Waals surface area contributed by atoms with Gasteiger partial charge < -0.3 is 15.5 Å². The van der Waals surface area contributed by atoms with Crippen LogP contribution < -0.4 is 11.1 Å². The summed E-state index contributed by atoms with van der Waals surface area (Å²) < 4.78 is 5.55. The van der Waals surface area contributed by atoms with E-state index in [-0.39, 0.29) is 11.9 Å². The molecule has 0 saturated carbocycles. The van der Waals surface area contributed by atoms with Crippen molar-refractivity contribution in [3.05, 3.63) is 58.5 Å².